The van der Waals surface area contributed by atoms with Crippen molar-refractivity contribution in [2.45, 2.75) is 59.7 Å². The molecule has 1 N–H and O–H groups in total. The molecule has 0 amide bonds. The second-order valence-electron chi connectivity index (χ2n) is 5.63. The van der Waals surface area contributed by atoms with Crippen LogP contribution in [0.5, 0.6) is 5.75 Å². The van der Waals surface area contributed by atoms with Crippen LogP contribution >= 0.6 is 0 Å². The Balaban J connectivity index is 2.81. The Bertz CT molecular complexity index is 360. The summed E-state index contributed by atoms with van der Waals surface area (Å²) in [5.41, 5.74) is 1.23. The highest BCUT2D eigenvalue weighted by molar-refractivity contribution is 5.35. The minimum atomic E-state index is 0.209. The van der Waals surface area contributed by atoms with Gasteiger partial charge < -0.3 is 10.1 Å². The molecule has 0 bridgehead atoms. The van der Waals surface area contributed by atoms with Crippen molar-refractivity contribution in [2.75, 3.05) is 0 Å². The van der Waals surface area contributed by atoms with E-state index in [9.17, 15) is 0 Å². The van der Waals surface area contributed by atoms with E-state index in [0.29, 0.717) is 18.0 Å². The van der Waals surface area contributed by atoms with E-state index in [-0.39, 0.29) is 6.10 Å². The third-order valence-corrected chi connectivity index (χ3v) is 3.26. The molecular weight excluding hydrogens is 222 g/mol. The molecule has 0 aromatic heterocycles. The third-order valence-electron chi connectivity index (χ3n) is 3.26. The quantitative estimate of drug-likeness (QED) is 0.817. The predicted octanol–water partition coefficient (Wildman–Crippen LogP) is 4.17. The Morgan fingerprint density at radius 3 is 2.11 bits per heavy atom. The van der Waals surface area contributed by atoms with Gasteiger partial charge in [-0.25, -0.2) is 0 Å². The summed E-state index contributed by atoms with van der Waals surface area (Å²) in [5, 5.41) is 3.63. The minimum absolute atomic E-state index is 0.209. The van der Waals surface area contributed by atoms with Crippen LogP contribution in [0.4, 0.5) is 0 Å². The van der Waals surface area contributed by atoms with E-state index >= 15 is 0 Å². The predicted molar refractivity (Wildman–Crippen MR) is 78.1 cm³/mol. The van der Waals surface area contributed by atoms with Crippen LogP contribution in [0.15, 0.2) is 24.3 Å². The standard InChI is InChI=1S/C16H27NO/c1-11(2)13(5)17-14(6)15-9-7-8-10-16(15)18-12(3)4/h7-14,17H,1-6H3. The summed E-state index contributed by atoms with van der Waals surface area (Å²) in [5.74, 6) is 1.62. The molecule has 1 aromatic rings. The molecule has 2 heteroatoms. The SMILES string of the molecule is CC(C)Oc1ccccc1C(C)NC(C)C(C)C. The summed E-state index contributed by atoms with van der Waals surface area (Å²) in [6, 6.07) is 9.08. The lowest BCUT2D eigenvalue weighted by atomic mass is 10.0. The van der Waals surface area contributed by atoms with Gasteiger partial charge in [-0.3, -0.25) is 0 Å². The average Bonchev–Trinajstić information content (AvgIpc) is 2.28. The first-order valence-corrected chi connectivity index (χ1v) is 6.93. The zero-order valence-corrected chi connectivity index (χ0v) is 12.5. The minimum Gasteiger partial charge on any atom is -0.491 e. The smallest absolute Gasteiger partial charge is 0.124 e. The fourth-order valence-corrected chi connectivity index (χ4v) is 1.88. The van der Waals surface area contributed by atoms with Crippen LogP contribution in [-0.4, -0.2) is 12.1 Å². The Labute approximate surface area is 112 Å². The molecule has 2 atom stereocenters. The van der Waals surface area contributed by atoms with Crippen molar-refractivity contribution < 1.29 is 4.74 Å². The molecule has 0 aliphatic carbocycles. The molecule has 0 fully saturated rings. The topological polar surface area (TPSA) is 21.3 Å². The van der Waals surface area contributed by atoms with E-state index in [0.717, 1.165) is 5.75 Å². The lowest BCUT2D eigenvalue weighted by Crippen LogP contribution is -2.33. The molecule has 0 spiro atoms. The van der Waals surface area contributed by atoms with Crippen molar-refractivity contribution in [1.82, 2.24) is 5.32 Å². The number of hydrogen-bond donors (Lipinski definition) is 1. The molecule has 0 heterocycles. The summed E-state index contributed by atoms with van der Waals surface area (Å²) in [6.07, 6.45) is 0.209. The van der Waals surface area contributed by atoms with E-state index < -0.39 is 0 Å². The van der Waals surface area contributed by atoms with Gasteiger partial charge in [-0.1, -0.05) is 32.0 Å². The van der Waals surface area contributed by atoms with Crippen molar-refractivity contribution in [1.29, 1.82) is 0 Å². The first-order valence-electron chi connectivity index (χ1n) is 6.93. The van der Waals surface area contributed by atoms with Crippen LogP contribution < -0.4 is 10.1 Å². The van der Waals surface area contributed by atoms with Crippen LogP contribution in [0.2, 0.25) is 0 Å². The number of rotatable bonds is 6. The van der Waals surface area contributed by atoms with Gasteiger partial charge in [0.15, 0.2) is 0 Å². The van der Waals surface area contributed by atoms with Gasteiger partial charge in [0.25, 0.3) is 0 Å². The zero-order chi connectivity index (χ0) is 13.7. The maximum absolute atomic E-state index is 5.87. The van der Waals surface area contributed by atoms with Crippen molar-refractivity contribution in [3.63, 3.8) is 0 Å². The molecule has 0 aliphatic heterocycles. The van der Waals surface area contributed by atoms with Gasteiger partial charge in [0, 0.05) is 17.6 Å². The van der Waals surface area contributed by atoms with Crippen LogP contribution in [0.1, 0.15) is 53.1 Å². The van der Waals surface area contributed by atoms with Crippen molar-refractivity contribution in [3.8, 4) is 5.75 Å². The maximum Gasteiger partial charge on any atom is 0.124 e. The highest BCUT2D eigenvalue weighted by Crippen LogP contribution is 2.26. The average molecular weight is 249 g/mol. The van der Waals surface area contributed by atoms with Crippen molar-refractivity contribution in [3.05, 3.63) is 29.8 Å². The molecule has 0 aliphatic rings. The van der Waals surface area contributed by atoms with Gasteiger partial charge in [-0.15, -0.1) is 0 Å². The van der Waals surface area contributed by atoms with Gasteiger partial charge in [-0.05, 0) is 39.7 Å². The lowest BCUT2D eigenvalue weighted by molar-refractivity contribution is 0.237. The highest BCUT2D eigenvalue weighted by Gasteiger charge is 2.15. The van der Waals surface area contributed by atoms with Gasteiger partial charge in [0.05, 0.1) is 6.10 Å². The Kier molecular flexibility index (Phi) is 5.67. The number of para-hydroxylation sites is 1. The van der Waals surface area contributed by atoms with Crippen LogP contribution in [0.25, 0.3) is 0 Å². The van der Waals surface area contributed by atoms with E-state index in [1.54, 1.807) is 0 Å². The summed E-state index contributed by atoms with van der Waals surface area (Å²) in [6.45, 7) is 13.0. The van der Waals surface area contributed by atoms with E-state index in [4.69, 9.17) is 4.74 Å². The van der Waals surface area contributed by atoms with E-state index in [1.165, 1.54) is 5.56 Å². The molecule has 0 radical (unpaired) electrons. The van der Waals surface area contributed by atoms with Gasteiger partial charge in [0.2, 0.25) is 0 Å². The van der Waals surface area contributed by atoms with Gasteiger partial charge >= 0.3 is 0 Å². The Morgan fingerprint density at radius 1 is 0.944 bits per heavy atom. The normalized spacial score (nSPS) is 14.9. The molecule has 0 saturated heterocycles. The fourth-order valence-electron chi connectivity index (χ4n) is 1.88. The lowest BCUT2D eigenvalue weighted by Gasteiger charge is -2.25. The first-order chi connectivity index (χ1) is 8.41. The van der Waals surface area contributed by atoms with Gasteiger partial charge in [0.1, 0.15) is 5.75 Å². The zero-order valence-electron chi connectivity index (χ0n) is 12.5. The Morgan fingerprint density at radius 2 is 1.56 bits per heavy atom. The molecular formula is C16H27NO. The molecule has 2 nitrogen and oxygen atoms in total. The van der Waals surface area contributed by atoms with Crippen LogP contribution in [0.3, 0.4) is 0 Å². The molecule has 1 aromatic carbocycles. The van der Waals surface area contributed by atoms with Crippen LogP contribution in [-0.2, 0) is 0 Å². The number of ether oxygens (including phenoxy) is 1. The Hall–Kier alpha value is -1.02. The molecule has 1 rings (SSSR count). The second kappa shape index (κ2) is 6.79. The number of hydrogen-bond acceptors (Lipinski definition) is 2. The molecule has 18 heavy (non-hydrogen) atoms. The summed E-state index contributed by atoms with van der Waals surface area (Å²) >= 11 is 0. The number of benzene rings is 1. The summed E-state index contributed by atoms with van der Waals surface area (Å²) < 4.78 is 5.87. The molecule has 0 saturated carbocycles. The summed E-state index contributed by atoms with van der Waals surface area (Å²) in [7, 11) is 0. The third kappa shape index (κ3) is 4.34. The summed E-state index contributed by atoms with van der Waals surface area (Å²) in [4.78, 5) is 0. The highest BCUT2D eigenvalue weighted by atomic mass is 16.5. The van der Waals surface area contributed by atoms with Crippen molar-refractivity contribution in [2.24, 2.45) is 5.92 Å². The van der Waals surface area contributed by atoms with Gasteiger partial charge in [-0.2, -0.15) is 0 Å². The fraction of sp³-hybridized carbons (Fsp3) is 0.625. The maximum atomic E-state index is 5.87. The largest absolute Gasteiger partial charge is 0.491 e. The van der Waals surface area contributed by atoms with Crippen molar-refractivity contribution >= 4 is 0 Å². The first kappa shape index (κ1) is 15.0. The number of nitrogens with one attached hydrogen (secondary N) is 1. The van der Waals surface area contributed by atoms with E-state index in [2.05, 4.69) is 59.0 Å². The van der Waals surface area contributed by atoms with E-state index in [1.807, 2.05) is 12.1 Å². The van der Waals surface area contributed by atoms with Crippen LogP contribution in [0, 0.1) is 5.92 Å². The molecule has 2 unspecified atom stereocenters. The monoisotopic (exact) mass is 249 g/mol. The molecule has 102 valence electrons. The second-order valence-corrected chi connectivity index (χ2v) is 5.63.